The molecule has 1 fully saturated rings. The van der Waals surface area contributed by atoms with Crippen molar-refractivity contribution in [2.45, 2.75) is 19.0 Å². The summed E-state index contributed by atoms with van der Waals surface area (Å²) in [4.78, 5) is 2.23. The molecule has 1 atom stereocenters. The van der Waals surface area contributed by atoms with Crippen molar-refractivity contribution in [2.75, 3.05) is 31.6 Å². The maximum Gasteiger partial charge on any atom is 0.153 e. The van der Waals surface area contributed by atoms with Gasteiger partial charge in [0.2, 0.25) is 0 Å². The second-order valence-electron chi connectivity index (χ2n) is 5.28. The summed E-state index contributed by atoms with van der Waals surface area (Å²) in [7, 11) is -0.746. The lowest BCUT2D eigenvalue weighted by Crippen LogP contribution is -2.46. The molecule has 2 rings (SSSR count). The average Bonchev–Trinajstić information content (AvgIpc) is 2.36. The molecule has 0 aromatic heterocycles. The molecular formula is C14H22N2O2S. The molecule has 0 amide bonds. The van der Waals surface area contributed by atoms with Crippen LogP contribution in [0.15, 0.2) is 30.3 Å². The van der Waals surface area contributed by atoms with Crippen LogP contribution in [-0.2, 0) is 16.4 Å². The molecule has 1 aromatic rings. The summed E-state index contributed by atoms with van der Waals surface area (Å²) in [6.45, 7) is 2.40. The van der Waals surface area contributed by atoms with Crippen LogP contribution in [0.1, 0.15) is 12.0 Å². The van der Waals surface area contributed by atoms with Crippen LogP contribution in [0.4, 0.5) is 0 Å². The fraction of sp³-hybridized carbons (Fsp3) is 0.571. The minimum absolute atomic E-state index is 0.108. The van der Waals surface area contributed by atoms with Gasteiger partial charge in [0, 0.05) is 19.1 Å². The molecule has 1 aromatic carbocycles. The molecule has 19 heavy (non-hydrogen) atoms. The molecule has 1 heterocycles. The zero-order chi connectivity index (χ0) is 13.7. The van der Waals surface area contributed by atoms with E-state index in [4.69, 9.17) is 0 Å². The first-order valence-electron chi connectivity index (χ1n) is 6.71. The van der Waals surface area contributed by atoms with E-state index in [9.17, 15) is 8.42 Å². The van der Waals surface area contributed by atoms with E-state index in [1.165, 1.54) is 5.56 Å². The third kappa shape index (κ3) is 4.93. The molecule has 5 heteroatoms. The lowest BCUT2D eigenvalue weighted by atomic mass is 10.2. The van der Waals surface area contributed by atoms with Gasteiger partial charge in [-0.15, -0.1) is 0 Å². The summed E-state index contributed by atoms with van der Waals surface area (Å²) in [5, 5.41) is 3.29. The van der Waals surface area contributed by atoms with Crippen molar-refractivity contribution in [3.05, 3.63) is 35.9 Å². The first kappa shape index (κ1) is 14.5. The Kier molecular flexibility index (Phi) is 4.96. The number of nitrogens with zero attached hydrogens (tertiary/aromatic N) is 1. The molecule has 4 nitrogen and oxygen atoms in total. The minimum atomic E-state index is -2.82. The molecule has 0 saturated carbocycles. The molecule has 1 saturated heterocycles. The predicted molar refractivity (Wildman–Crippen MR) is 77.8 cm³/mol. The van der Waals surface area contributed by atoms with Gasteiger partial charge in [0.1, 0.15) is 0 Å². The summed E-state index contributed by atoms with van der Waals surface area (Å²) in [6, 6.07) is 10.4. The van der Waals surface area contributed by atoms with E-state index >= 15 is 0 Å². The van der Waals surface area contributed by atoms with Gasteiger partial charge in [0.05, 0.1) is 11.5 Å². The smallest absolute Gasteiger partial charge is 0.153 e. The highest BCUT2D eigenvalue weighted by molar-refractivity contribution is 7.91. The quantitative estimate of drug-likeness (QED) is 0.871. The van der Waals surface area contributed by atoms with E-state index in [0.717, 1.165) is 19.5 Å². The van der Waals surface area contributed by atoms with Gasteiger partial charge in [-0.2, -0.15) is 0 Å². The van der Waals surface area contributed by atoms with Gasteiger partial charge in [-0.25, -0.2) is 8.42 Å². The van der Waals surface area contributed by atoms with Crippen LogP contribution in [0.3, 0.4) is 0 Å². The number of hydrogen-bond donors (Lipinski definition) is 1. The summed E-state index contributed by atoms with van der Waals surface area (Å²) in [5.74, 6) is 0.565. The summed E-state index contributed by atoms with van der Waals surface area (Å²) in [6.07, 6.45) is 0.878. The number of benzene rings is 1. The van der Waals surface area contributed by atoms with E-state index in [0.29, 0.717) is 6.54 Å². The first-order chi connectivity index (χ1) is 9.05. The van der Waals surface area contributed by atoms with E-state index in [1.807, 2.05) is 18.2 Å². The van der Waals surface area contributed by atoms with Crippen LogP contribution >= 0.6 is 0 Å². The maximum atomic E-state index is 11.5. The van der Waals surface area contributed by atoms with Gasteiger partial charge >= 0.3 is 0 Å². The standard InChI is InChI=1S/C14H22N2O2S/c1-16(11-13-5-3-2-4-6-13)9-7-14-12-19(17,18)10-8-15-14/h2-6,14-15H,7-12H2,1H3. The predicted octanol–water partition coefficient (Wildman–Crippen LogP) is 0.895. The van der Waals surface area contributed by atoms with Gasteiger partial charge in [-0.1, -0.05) is 30.3 Å². The highest BCUT2D eigenvalue weighted by atomic mass is 32.2. The molecule has 0 spiro atoms. The Hall–Kier alpha value is -0.910. The monoisotopic (exact) mass is 282 g/mol. The maximum absolute atomic E-state index is 11.5. The average molecular weight is 282 g/mol. The zero-order valence-corrected chi connectivity index (χ0v) is 12.2. The van der Waals surface area contributed by atoms with E-state index in [-0.39, 0.29) is 17.5 Å². The van der Waals surface area contributed by atoms with Gasteiger partial charge in [0.15, 0.2) is 9.84 Å². The molecule has 1 unspecified atom stereocenters. The second kappa shape index (κ2) is 6.50. The number of rotatable bonds is 5. The Balaban J connectivity index is 1.76. The fourth-order valence-electron chi connectivity index (χ4n) is 2.40. The molecule has 1 aliphatic rings. The van der Waals surface area contributed by atoms with Gasteiger partial charge in [0.25, 0.3) is 0 Å². The van der Waals surface area contributed by atoms with Crippen LogP contribution in [0.25, 0.3) is 0 Å². The van der Waals surface area contributed by atoms with E-state index < -0.39 is 9.84 Å². The number of hydrogen-bond acceptors (Lipinski definition) is 4. The Labute approximate surface area is 115 Å². The van der Waals surface area contributed by atoms with Crippen LogP contribution in [0, 0.1) is 0 Å². The largest absolute Gasteiger partial charge is 0.312 e. The molecule has 1 N–H and O–H groups in total. The molecule has 0 aliphatic carbocycles. The third-order valence-electron chi connectivity index (χ3n) is 3.46. The lowest BCUT2D eigenvalue weighted by Gasteiger charge is -2.26. The van der Waals surface area contributed by atoms with Crippen molar-refractivity contribution in [3.8, 4) is 0 Å². The van der Waals surface area contributed by atoms with Crippen LogP contribution in [0.2, 0.25) is 0 Å². The summed E-state index contributed by atoms with van der Waals surface area (Å²) in [5.41, 5.74) is 1.29. The van der Waals surface area contributed by atoms with E-state index in [1.54, 1.807) is 0 Å². The topological polar surface area (TPSA) is 49.4 Å². The third-order valence-corrected chi connectivity index (χ3v) is 5.19. The van der Waals surface area contributed by atoms with Crippen LogP contribution in [-0.4, -0.2) is 51.0 Å². The van der Waals surface area contributed by atoms with Crippen molar-refractivity contribution in [1.29, 1.82) is 0 Å². The summed E-state index contributed by atoms with van der Waals surface area (Å²) >= 11 is 0. The second-order valence-corrected chi connectivity index (χ2v) is 7.51. The Bertz CT molecular complexity index is 487. The normalized spacial score (nSPS) is 22.5. The highest BCUT2D eigenvalue weighted by Gasteiger charge is 2.23. The van der Waals surface area contributed by atoms with Crippen molar-refractivity contribution in [3.63, 3.8) is 0 Å². The molecule has 0 radical (unpaired) electrons. The van der Waals surface area contributed by atoms with Crippen molar-refractivity contribution < 1.29 is 8.42 Å². The zero-order valence-electron chi connectivity index (χ0n) is 11.4. The lowest BCUT2D eigenvalue weighted by molar-refractivity contribution is 0.303. The molecule has 1 aliphatic heterocycles. The number of nitrogens with one attached hydrogen (secondary N) is 1. The summed E-state index contributed by atoms with van der Waals surface area (Å²) < 4.78 is 23.1. The van der Waals surface area contributed by atoms with Gasteiger partial charge < -0.3 is 10.2 Å². The molecule has 0 bridgehead atoms. The molecular weight excluding hydrogens is 260 g/mol. The number of sulfone groups is 1. The Morgan fingerprint density at radius 3 is 2.74 bits per heavy atom. The highest BCUT2D eigenvalue weighted by Crippen LogP contribution is 2.07. The first-order valence-corrected chi connectivity index (χ1v) is 8.53. The van der Waals surface area contributed by atoms with Crippen molar-refractivity contribution >= 4 is 9.84 Å². The van der Waals surface area contributed by atoms with Crippen molar-refractivity contribution in [2.24, 2.45) is 0 Å². The van der Waals surface area contributed by atoms with Crippen molar-refractivity contribution in [1.82, 2.24) is 10.2 Å². The van der Waals surface area contributed by atoms with Gasteiger partial charge in [-0.05, 0) is 25.6 Å². The Morgan fingerprint density at radius 2 is 2.05 bits per heavy atom. The van der Waals surface area contributed by atoms with Gasteiger partial charge in [-0.3, -0.25) is 0 Å². The molecule has 106 valence electrons. The fourth-order valence-corrected chi connectivity index (χ4v) is 3.90. The van der Waals surface area contributed by atoms with Crippen LogP contribution < -0.4 is 5.32 Å². The minimum Gasteiger partial charge on any atom is -0.312 e. The Morgan fingerprint density at radius 1 is 1.32 bits per heavy atom. The van der Waals surface area contributed by atoms with E-state index in [2.05, 4.69) is 29.4 Å². The van der Waals surface area contributed by atoms with Crippen LogP contribution in [0.5, 0.6) is 0 Å². The SMILES string of the molecule is CN(CCC1CS(=O)(=O)CCN1)Cc1ccccc1.